The average molecular weight is 378 g/mol. The summed E-state index contributed by atoms with van der Waals surface area (Å²) in [5.74, 6) is -0.291. The van der Waals surface area contributed by atoms with Gasteiger partial charge < -0.3 is 10.6 Å². The van der Waals surface area contributed by atoms with E-state index in [0.29, 0.717) is 51.3 Å². The Bertz CT molecular complexity index is 831. The molecule has 0 spiro atoms. The molecule has 1 aliphatic heterocycles. The molecule has 2 aromatic rings. The SMILES string of the molecule is O=C(NCCCn1ccnn1)c1cccc(S(=O)(=O)N2CCNCC2)c1. The van der Waals surface area contributed by atoms with Gasteiger partial charge in [-0.3, -0.25) is 9.48 Å². The third-order valence-electron chi connectivity index (χ3n) is 4.13. The summed E-state index contributed by atoms with van der Waals surface area (Å²) in [5, 5.41) is 13.5. The van der Waals surface area contributed by atoms with Crippen LogP contribution in [0.1, 0.15) is 16.8 Å². The molecule has 1 fully saturated rings. The highest BCUT2D eigenvalue weighted by atomic mass is 32.2. The normalized spacial score (nSPS) is 15.7. The standard InChI is InChI=1S/C16H22N6O3S/c23-16(18-5-2-9-21-10-8-19-20-21)14-3-1-4-15(13-14)26(24,25)22-11-6-17-7-12-22/h1,3-4,8,10,13,17H,2,5-7,9,11-12H2,(H,18,23). The molecule has 1 aromatic carbocycles. The predicted molar refractivity (Wildman–Crippen MR) is 95.0 cm³/mol. The second-order valence-electron chi connectivity index (χ2n) is 5.96. The molecule has 2 heterocycles. The molecule has 0 unspecified atom stereocenters. The molecule has 0 aliphatic carbocycles. The van der Waals surface area contributed by atoms with Gasteiger partial charge in [0.05, 0.1) is 11.1 Å². The van der Waals surface area contributed by atoms with E-state index in [1.165, 1.54) is 16.4 Å². The molecule has 2 N–H and O–H groups in total. The summed E-state index contributed by atoms with van der Waals surface area (Å²) in [4.78, 5) is 12.4. The second kappa shape index (κ2) is 8.39. The summed E-state index contributed by atoms with van der Waals surface area (Å²) in [7, 11) is -3.58. The van der Waals surface area contributed by atoms with Gasteiger partial charge in [-0.1, -0.05) is 11.3 Å². The summed E-state index contributed by atoms with van der Waals surface area (Å²) in [6.07, 6.45) is 4.06. The number of nitrogens with one attached hydrogen (secondary N) is 2. The van der Waals surface area contributed by atoms with Crippen LogP contribution in [0, 0.1) is 0 Å². The number of sulfonamides is 1. The Balaban J connectivity index is 1.59. The number of carbonyl (C=O) groups is 1. The van der Waals surface area contributed by atoms with Gasteiger partial charge in [0.15, 0.2) is 0 Å². The predicted octanol–water partition coefficient (Wildman–Crippen LogP) is -0.308. The number of amides is 1. The van der Waals surface area contributed by atoms with Crippen molar-refractivity contribution in [1.29, 1.82) is 0 Å². The van der Waals surface area contributed by atoms with E-state index in [1.54, 1.807) is 29.2 Å². The molecule has 0 atom stereocenters. The third-order valence-corrected chi connectivity index (χ3v) is 6.03. The van der Waals surface area contributed by atoms with Gasteiger partial charge in [0, 0.05) is 51.0 Å². The number of carbonyl (C=O) groups excluding carboxylic acids is 1. The van der Waals surface area contributed by atoms with Gasteiger partial charge in [0.25, 0.3) is 5.91 Å². The third kappa shape index (κ3) is 4.45. The largest absolute Gasteiger partial charge is 0.352 e. The number of piperazine rings is 1. The van der Waals surface area contributed by atoms with Gasteiger partial charge in [-0.2, -0.15) is 4.31 Å². The molecule has 0 radical (unpaired) electrons. The van der Waals surface area contributed by atoms with Crippen LogP contribution in [-0.2, 0) is 16.6 Å². The lowest BCUT2D eigenvalue weighted by molar-refractivity contribution is 0.0952. The molecule has 1 aliphatic rings. The Labute approximate surface area is 152 Å². The smallest absolute Gasteiger partial charge is 0.251 e. The maximum Gasteiger partial charge on any atom is 0.251 e. The minimum Gasteiger partial charge on any atom is -0.352 e. The van der Waals surface area contributed by atoms with Crippen molar-refractivity contribution < 1.29 is 13.2 Å². The van der Waals surface area contributed by atoms with Crippen LogP contribution in [0.25, 0.3) is 0 Å². The molecule has 1 aromatic heterocycles. The van der Waals surface area contributed by atoms with Gasteiger partial charge in [0.2, 0.25) is 10.0 Å². The second-order valence-corrected chi connectivity index (χ2v) is 7.90. The zero-order chi connectivity index (χ0) is 18.4. The molecule has 1 amide bonds. The minimum absolute atomic E-state index is 0.148. The Morgan fingerprint density at radius 3 is 2.81 bits per heavy atom. The van der Waals surface area contributed by atoms with E-state index in [2.05, 4.69) is 20.9 Å². The lowest BCUT2D eigenvalue weighted by atomic mass is 10.2. The number of hydrogen-bond donors (Lipinski definition) is 2. The van der Waals surface area contributed by atoms with E-state index in [1.807, 2.05) is 0 Å². The summed E-state index contributed by atoms with van der Waals surface area (Å²) in [6, 6.07) is 6.17. The van der Waals surface area contributed by atoms with Gasteiger partial charge in [0.1, 0.15) is 0 Å². The fourth-order valence-corrected chi connectivity index (χ4v) is 4.22. The lowest BCUT2D eigenvalue weighted by Gasteiger charge is -2.26. The highest BCUT2D eigenvalue weighted by Crippen LogP contribution is 2.17. The highest BCUT2D eigenvalue weighted by molar-refractivity contribution is 7.89. The number of benzene rings is 1. The van der Waals surface area contributed by atoms with Crippen LogP contribution in [0.3, 0.4) is 0 Å². The number of aromatic nitrogens is 3. The number of hydrogen-bond acceptors (Lipinski definition) is 6. The molecule has 26 heavy (non-hydrogen) atoms. The van der Waals surface area contributed by atoms with Crippen LogP contribution in [0.5, 0.6) is 0 Å². The van der Waals surface area contributed by atoms with Gasteiger partial charge >= 0.3 is 0 Å². The van der Waals surface area contributed by atoms with Gasteiger partial charge in [-0.05, 0) is 24.6 Å². The summed E-state index contributed by atoms with van der Waals surface area (Å²) in [6.45, 7) is 3.24. The van der Waals surface area contributed by atoms with Crippen molar-refractivity contribution in [3.8, 4) is 0 Å². The summed E-state index contributed by atoms with van der Waals surface area (Å²) < 4.78 is 28.5. The Morgan fingerprint density at radius 2 is 2.08 bits per heavy atom. The maximum absolute atomic E-state index is 12.7. The molecular formula is C16H22N6O3S. The fraction of sp³-hybridized carbons (Fsp3) is 0.438. The highest BCUT2D eigenvalue weighted by Gasteiger charge is 2.26. The zero-order valence-electron chi connectivity index (χ0n) is 14.3. The van der Waals surface area contributed by atoms with Crippen molar-refractivity contribution >= 4 is 15.9 Å². The van der Waals surface area contributed by atoms with Crippen LogP contribution >= 0.6 is 0 Å². The number of rotatable bonds is 7. The molecule has 0 bridgehead atoms. The van der Waals surface area contributed by atoms with Crippen molar-refractivity contribution in [3.05, 3.63) is 42.2 Å². The lowest BCUT2D eigenvalue weighted by Crippen LogP contribution is -2.46. The molecule has 3 rings (SSSR count). The molecular weight excluding hydrogens is 356 g/mol. The van der Waals surface area contributed by atoms with Crippen molar-refractivity contribution in [2.45, 2.75) is 17.9 Å². The summed E-state index contributed by atoms with van der Waals surface area (Å²) in [5.41, 5.74) is 0.335. The Kier molecular flexibility index (Phi) is 5.96. The van der Waals surface area contributed by atoms with E-state index < -0.39 is 10.0 Å². The van der Waals surface area contributed by atoms with E-state index in [0.717, 1.165) is 0 Å². The Hall–Kier alpha value is -2.30. The van der Waals surface area contributed by atoms with Crippen LogP contribution in [0.15, 0.2) is 41.6 Å². The van der Waals surface area contributed by atoms with E-state index in [-0.39, 0.29) is 10.8 Å². The average Bonchev–Trinajstić information content (AvgIpc) is 3.19. The monoisotopic (exact) mass is 378 g/mol. The van der Waals surface area contributed by atoms with Crippen LogP contribution in [0.4, 0.5) is 0 Å². The number of aryl methyl sites for hydroxylation is 1. The fourth-order valence-electron chi connectivity index (χ4n) is 2.73. The van der Waals surface area contributed by atoms with E-state index >= 15 is 0 Å². The first-order chi connectivity index (χ1) is 12.6. The Morgan fingerprint density at radius 1 is 1.27 bits per heavy atom. The quantitative estimate of drug-likeness (QED) is 0.640. The van der Waals surface area contributed by atoms with Crippen LogP contribution in [0.2, 0.25) is 0 Å². The van der Waals surface area contributed by atoms with Crippen molar-refractivity contribution in [2.24, 2.45) is 0 Å². The zero-order valence-corrected chi connectivity index (χ0v) is 15.2. The maximum atomic E-state index is 12.7. The molecule has 9 nitrogen and oxygen atoms in total. The summed E-state index contributed by atoms with van der Waals surface area (Å²) >= 11 is 0. The van der Waals surface area contributed by atoms with E-state index in [4.69, 9.17) is 0 Å². The molecule has 10 heteroatoms. The van der Waals surface area contributed by atoms with Gasteiger partial charge in [-0.15, -0.1) is 5.10 Å². The van der Waals surface area contributed by atoms with Gasteiger partial charge in [-0.25, -0.2) is 8.42 Å². The first-order valence-electron chi connectivity index (χ1n) is 8.50. The molecule has 0 saturated carbocycles. The topological polar surface area (TPSA) is 109 Å². The molecule has 1 saturated heterocycles. The molecule has 140 valence electrons. The number of nitrogens with zero attached hydrogens (tertiary/aromatic N) is 4. The first-order valence-corrected chi connectivity index (χ1v) is 9.94. The van der Waals surface area contributed by atoms with Crippen molar-refractivity contribution in [1.82, 2.24) is 29.9 Å². The first kappa shape index (κ1) is 18.5. The minimum atomic E-state index is -3.58. The van der Waals surface area contributed by atoms with Crippen LogP contribution < -0.4 is 10.6 Å². The van der Waals surface area contributed by atoms with Crippen molar-refractivity contribution in [3.63, 3.8) is 0 Å². The van der Waals surface area contributed by atoms with E-state index in [9.17, 15) is 13.2 Å². The van der Waals surface area contributed by atoms with Crippen LogP contribution in [-0.4, -0.2) is 66.3 Å². The van der Waals surface area contributed by atoms with Crippen molar-refractivity contribution in [2.75, 3.05) is 32.7 Å².